The quantitative estimate of drug-likeness (QED) is 0.823. The van der Waals surface area contributed by atoms with E-state index < -0.39 is 0 Å². The molecule has 4 heteroatoms. The highest BCUT2D eigenvalue weighted by atomic mass is 16.5. The summed E-state index contributed by atoms with van der Waals surface area (Å²) < 4.78 is 5.76. The summed E-state index contributed by atoms with van der Waals surface area (Å²) >= 11 is 0. The lowest BCUT2D eigenvalue weighted by molar-refractivity contribution is 0.0399. The van der Waals surface area contributed by atoms with Gasteiger partial charge in [0.15, 0.2) is 5.82 Å². The summed E-state index contributed by atoms with van der Waals surface area (Å²) in [4.78, 5) is 8.92. The molecule has 1 aliphatic rings. The Labute approximate surface area is 103 Å². The Hall–Kier alpha value is -1.16. The zero-order valence-electron chi connectivity index (χ0n) is 10.6. The van der Waals surface area contributed by atoms with Gasteiger partial charge in [-0.2, -0.15) is 0 Å². The van der Waals surface area contributed by atoms with Crippen LogP contribution < -0.4 is 5.73 Å². The first-order valence-electron chi connectivity index (χ1n) is 6.49. The van der Waals surface area contributed by atoms with Crippen LogP contribution in [0.1, 0.15) is 50.7 Å². The molecular formula is C13H21N3O. The molecule has 1 unspecified atom stereocenters. The lowest BCUT2D eigenvalue weighted by Gasteiger charge is -2.16. The first kappa shape index (κ1) is 12.3. The van der Waals surface area contributed by atoms with E-state index in [0.717, 1.165) is 24.4 Å². The predicted octanol–water partition coefficient (Wildman–Crippen LogP) is 2.50. The van der Waals surface area contributed by atoms with Crippen LogP contribution in [0.2, 0.25) is 0 Å². The Morgan fingerprint density at radius 3 is 2.82 bits per heavy atom. The molecule has 17 heavy (non-hydrogen) atoms. The Kier molecular flexibility index (Phi) is 3.94. The average molecular weight is 235 g/mol. The Balaban J connectivity index is 2.20. The molecule has 0 radical (unpaired) electrons. The predicted molar refractivity (Wildman–Crippen MR) is 67.5 cm³/mol. The molecule has 0 aromatic carbocycles. The van der Waals surface area contributed by atoms with Crippen LogP contribution in [-0.4, -0.2) is 16.6 Å². The van der Waals surface area contributed by atoms with Gasteiger partial charge in [-0.1, -0.05) is 13.3 Å². The highest BCUT2D eigenvalue weighted by Crippen LogP contribution is 2.42. The minimum Gasteiger partial charge on any atom is -0.396 e. The molecule has 0 spiro atoms. The zero-order valence-corrected chi connectivity index (χ0v) is 10.6. The van der Waals surface area contributed by atoms with Crippen molar-refractivity contribution in [2.24, 2.45) is 5.92 Å². The van der Waals surface area contributed by atoms with E-state index in [1.807, 2.05) is 6.92 Å². The fourth-order valence-electron chi connectivity index (χ4n) is 2.02. The van der Waals surface area contributed by atoms with Gasteiger partial charge >= 0.3 is 0 Å². The maximum absolute atomic E-state index is 5.88. The van der Waals surface area contributed by atoms with E-state index in [9.17, 15) is 0 Å². The minimum atomic E-state index is 0.0659. The maximum Gasteiger partial charge on any atom is 0.157 e. The summed E-state index contributed by atoms with van der Waals surface area (Å²) in [6.45, 7) is 4.85. The van der Waals surface area contributed by atoms with Crippen LogP contribution in [0.3, 0.4) is 0 Å². The molecule has 1 aliphatic carbocycles. The second-order valence-electron chi connectivity index (χ2n) is 4.59. The molecule has 0 bridgehead atoms. The second-order valence-corrected chi connectivity index (χ2v) is 4.59. The van der Waals surface area contributed by atoms with Crippen molar-refractivity contribution in [1.82, 2.24) is 9.97 Å². The first-order chi connectivity index (χ1) is 8.26. The van der Waals surface area contributed by atoms with Gasteiger partial charge < -0.3 is 10.5 Å². The number of nitrogens with zero attached hydrogens (tertiary/aromatic N) is 2. The van der Waals surface area contributed by atoms with Crippen LogP contribution in [-0.2, 0) is 11.2 Å². The number of anilines is 1. The monoisotopic (exact) mass is 235 g/mol. The first-order valence-corrected chi connectivity index (χ1v) is 6.49. The summed E-state index contributed by atoms with van der Waals surface area (Å²) in [6, 6.07) is 0. The molecule has 1 fully saturated rings. The van der Waals surface area contributed by atoms with Crippen molar-refractivity contribution in [3.8, 4) is 0 Å². The van der Waals surface area contributed by atoms with Gasteiger partial charge in [0.25, 0.3) is 0 Å². The number of aromatic nitrogens is 2. The van der Waals surface area contributed by atoms with Gasteiger partial charge in [0, 0.05) is 6.61 Å². The van der Waals surface area contributed by atoms with Crippen molar-refractivity contribution < 1.29 is 4.74 Å². The third-order valence-corrected chi connectivity index (χ3v) is 3.06. The standard InChI is InChI=1S/C13H21N3O/c1-3-5-11-10(14)8-15-13(16-11)12(17-4-2)9-6-7-9/h8-9,12H,3-7,14H2,1-2H3. The SMILES string of the molecule is CCCc1nc(C(OCC)C2CC2)ncc1N. The van der Waals surface area contributed by atoms with E-state index in [-0.39, 0.29) is 6.10 Å². The van der Waals surface area contributed by atoms with E-state index in [1.165, 1.54) is 12.8 Å². The highest BCUT2D eigenvalue weighted by Gasteiger charge is 2.35. The molecule has 1 heterocycles. The van der Waals surface area contributed by atoms with E-state index >= 15 is 0 Å². The molecule has 0 aliphatic heterocycles. The van der Waals surface area contributed by atoms with E-state index in [4.69, 9.17) is 10.5 Å². The van der Waals surface area contributed by atoms with Crippen LogP contribution in [0.5, 0.6) is 0 Å². The molecule has 2 N–H and O–H groups in total. The van der Waals surface area contributed by atoms with Gasteiger partial charge in [-0.25, -0.2) is 9.97 Å². The largest absolute Gasteiger partial charge is 0.396 e. The fraction of sp³-hybridized carbons (Fsp3) is 0.692. The zero-order chi connectivity index (χ0) is 12.3. The third-order valence-electron chi connectivity index (χ3n) is 3.06. The van der Waals surface area contributed by atoms with Crippen molar-refractivity contribution in [3.63, 3.8) is 0 Å². The Morgan fingerprint density at radius 1 is 1.47 bits per heavy atom. The normalized spacial score (nSPS) is 17.1. The van der Waals surface area contributed by atoms with Crippen molar-refractivity contribution >= 4 is 5.69 Å². The van der Waals surface area contributed by atoms with Crippen LogP contribution in [0.25, 0.3) is 0 Å². The lowest BCUT2D eigenvalue weighted by Crippen LogP contribution is -2.13. The van der Waals surface area contributed by atoms with Crippen LogP contribution in [0.4, 0.5) is 5.69 Å². The molecule has 94 valence electrons. The molecule has 4 nitrogen and oxygen atoms in total. The van der Waals surface area contributed by atoms with Gasteiger partial charge in [0.2, 0.25) is 0 Å². The number of nitrogens with two attached hydrogens (primary N) is 1. The molecule has 1 saturated carbocycles. The van der Waals surface area contributed by atoms with Gasteiger partial charge in [-0.3, -0.25) is 0 Å². The van der Waals surface area contributed by atoms with Crippen molar-refractivity contribution in [1.29, 1.82) is 0 Å². The number of hydrogen-bond acceptors (Lipinski definition) is 4. The molecule has 1 atom stereocenters. The molecule has 1 aromatic rings. The van der Waals surface area contributed by atoms with Gasteiger partial charge in [-0.05, 0) is 32.1 Å². The van der Waals surface area contributed by atoms with E-state index in [2.05, 4.69) is 16.9 Å². The molecule has 0 amide bonds. The highest BCUT2D eigenvalue weighted by molar-refractivity contribution is 5.40. The van der Waals surface area contributed by atoms with Crippen molar-refractivity contribution in [3.05, 3.63) is 17.7 Å². The van der Waals surface area contributed by atoms with E-state index in [1.54, 1.807) is 6.20 Å². The molecule has 1 aromatic heterocycles. The summed E-state index contributed by atoms with van der Waals surface area (Å²) in [6.07, 6.45) is 6.19. The lowest BCUT2D eigenvalue weighted by atomic mass is 10.2. The average Bonchev–Trinajstić information content (AvgIpc) is 3.14. The number of nitrogen functional groups attached to an aromatic ring is 1. The van der Waals surface area contributed by atoms with Crippen molar-refractivity contribution in [2.45, 2.75) is 45.6 Å². The van der Waals surface area contributed by atoms with Crippen LogP contribution >= 0.6 is 0 Å². The Bertz CT molecular complexity index is 377. The number of hydrogen-bond donors (Lipinski definition) is 1. The summed E-state index contributed by atoms with van der Waals surface area (Å²) in [7, 11) is 0. The topological polar surface area (TPSA) is 61.0 Å². The fourth-order valence-corrected chi connectivity index (χ4v) is 2.02. The van der Waals surface area contributed by atoms with E-state index in [0.29, 0.717) is 18.2 Å². The minimum absolute atomic E-state index is 0.0659. The van der Waals surface area contributed by atoms with Gasteiger partial charge in [-0.15, -0.1) is 0 Å². The van der Waals surface area contributed by atoms with Gasteiger partial charge in [0.1, 0.15) is 6.10 Å². The Morgan fingerprint density at radius 2 is 2.24 bits per heavy atom. The maximum atomic E-state index is 5.88. The summed E-state index contributed by atoms with van der Waals surface area (Å²) in [5, 5.41) is 0. The second kappa shape index (κ2) is 5.45. The molecule has 0 saturated heterocycles. The summed E-state index contributed by atoms with van der Waals surface area (Å²) in [5.74, 6) is 1.42. The molecular weight excluding hydrogens is 214 g/mol. The van der Waals surface area contributed by atoms with Gasteiger partial charge in [0.05, 0.1) is 17.6 Å². The molecule has 2 rings (SSSR count). The van der Waals surface area contributed by atoms with Crippen LogP contribution in [0, 0.1) is 5.92 Å². The van der Waals surface area contributed by atoms with Crippen molar-refractivity contribution in [2.75, 3.05) is 12.3 Å². The summed E-state index contributed by atoms with van der Waals surface area (Å²) in [5.41, 5.74) is 7.53. The number of aryl methyl sites for hydroxylation is 1. The number of ether oxygens (including phenoxy) is 1. The third kappa shape index (κ3) is 2.94. The van der Waals surface area contributed by atoms with Crippen LogP contribution in [0.15, 0.2) is 6.20 Å². The number of rotatable bonds is 6. The smallest absolute Gasteiger partial charge is 0.157 e.